The summed E-state index contributed by atoms with van der Waals surface area (Å²) in [7, 11) is 0. The lowest BCUT2D eigenvalue weighted by atomic mass is 10.4. The van der Waals surface area contributed by atoms with Crippen LogP contribution in [0.5, 0.6) is 0 Å². The van der Waals surface area contributed by atoms with Crippen LogP contribution in [0.2, 0.25) is 0 Å². The summed E-state index contributed by atoms with van der Waals surface area (Å²) < 4.78 is 4.58. The summed E-state index contributed by atoms with van der Waals surface area (Å²) in [5, 5.41) is 2.38. The Morgan fingerprint density at radius 1 is 1.82 bits per heavy atom. The molecule has 11 heavy (non-hydrogen) atoms. The summed E-state index contributed by atoms with van der Waals surface area (Å²) >= 11 is 0. The lowest BCUT2D eigenvalue weighted by Crippen LogP contribution is -2.35. The van der Waals surface area contributed by atoms with E-state index < -0.39 is 6.04 Å². The second kappa shape index (κ2) is 5.46. The van der Waals surface area contributed by atoms with E-state index in [1.54, 1.807) is 6.92 Å². The first-order chi connectivity index (χ1) is 5.20. The second-order valence-electron chi connectivity index (χ2n) is 1.97. The molecule has 0 saturated heterocycles. The smallest absolute Gasteiger partial charge is 0.258 e. The van der Waals surface area contributed by atoms with Crippen LogP contribution in [-0.4, -0.2) is 24.8 Å². The molecule has 4 heteroatoms. The number of hydrogen-bond acceptors (Lipinski definition) is 3. The first-order valence-corrected chi connectivity index (χ1v) is 3.18. The molecule has 1 amide bonds. The van der Waals surface area contributed by atoms with E-state index in [0.29, 0.717) is 6.29 Å². The van der Waals surface area contributed by atoms with Gasteiger partial charge in [0.25, 0.3) is 5.91 Å². The Labute approximate surface area is 65.2 Å². The average molecular weight is 157 g/mol. The first-order valence-electron chi connectivity index (χ1n) is 3.18. The molecule has 1 atom stereocenters. The maximum atomic E-state index is 10.7. The fourth-order valence-electron chi connectivity index (χ4n) is 0.464. The number of carbonyl (C=O) groups is 2. The molecule has 0 rings (SSSR count). The molecule has 0 unspecified atom stereocenters. The fourth-order valence-corrected chi connectivity index (χ4v) is 0.464. The fraction of sp³-hybridized carbons (Fsp3) is 0.429. The van der Waals surface area contributed by atoms with Crippen LogP contribution >= 0.6 is 0 Å². The highest BCUT2D eigenvalue weighted by atomic mass is 16.5. The molecule has 4 nitrogen and oxygen atoms in total. The SMILES string of the molecule is C=COCC(=O)N[C@@H](C)C=O. The van der Waals surface area contributed by atoms with Gasteiger partial charge in [-0.3, -0.25) is 4.79 Å². The Morgan fingerprint density at radius 3 is 2.91 bits per heavy atom. The number of ether oxygens (including phenoxy) is 1. The molecule has 0 bridgehead atoms. The van der Waals surface area contributed by atoms with Crippen LogP contribution in [0.4, 0.5) is 0 Å². The van der Waals surface area contributed by atoms with Crippen molar-refractivity contribution in [2.24, 2.45) is 0 Å². The van der Waals surface area contributed by atoms with Gasteiger partial charge >= 0.3 is 0 Å². The molecule has 0 heterocycles. The minimum Gasteiger partial charge on any atom is -0.492 e. The van der Waals surface area contributed by atoms with Gasteiger partial charge in [0.1, 0.15) is 6.29 Å². The van der Waals surface area contributed by atoms with Crippen LogP contribution in [0.1, 0.15) is 6.92 Å². The van der Waals surface area contributed by atoms with Crippen molar-refractivity contribution in [3.05, 3.63) is 12.8 Å². The van der Waals surface area contributed by atoms with Crippen molar-refractivity contribution >= 4 is 12.2 Å². The van der Waals surface area contributed by atoms with Gasteiger partial charge < -0.3 is 14.8 Å². The largest absolute Gasteiger partial charge is 0.492 e. The van der Waals surface area contributed by atoms with Gasteiger partial charge in [0.2, 0.25) is 0 Å². The summed E-state index contributed by atoms with van der Waals surface area (Å²) in [5.41, 5.74) is 0. The lowest BCUT2D eigenvalue weighted by molar-refractivity contribution is -0.126. The van der Waals surface area contributed by atoms with Crippen LogP contribution in [0.25, 0.3) is 0 Å². The van der Waals surface area contributed by atoms with E-state index in [0.717, 1.165) is 0 Å². The van der Waals surface area contributed by atoms with Crippen molar-refractivity contribution in [3.63, 3.8) is 0 Å². The van der Waals surface area contributed by atoms with Crippen molar-refractivity contribution in [2.45, 2.75) is 13.0 Å². The van der Waals surface area contributed by atoms with Crippen molar-refractivity contribution in [1.29, 1.82) is 0 Å². The minimum atomic E-state index is -0.462. The summed E-state index contributed by atoms with van der Waals surface area (Å²) in [6.07, 6.45) is 1.82. The van der Waals surface area contributed by atoms with E-state index in [-0.39, 0.29) is 12.5 Å². The summed E-state index contributed by atoms with van der Waals surface area (Å²) in [4.78, 5) is 20.8. The minimum absolute atomic E-state index is 0.0956. The van der Waals surface area contributed by atoms with Crippen molar-refractivity contribution < 1.29 is 14.3 Å². The predicted molar refractivity (Wildman–Crippen MR) is 39.8 cm³/mol. The standard InChI is InChI=1S/C7H11NO3/c1-3-11-5-7(10)8-6(2)4-9/h3-4,6H,1,5H2,2H3,(H,8,10)/t6-/m0/s1. The number of rotatable bonds is 5. The van der Waals surface area contributed by atoms with Gasteiger partial charge in [-0.2, -0.15) is 0 Å². The number of carbonyl (C=O) groups excluding carboxylic acids is 2. The van der Waals surface area contributed by atoms with E-state index in [2.05, 4.69) is 16.6 Å². The molecular weight excluding hydrogens is 146 g/mol. The van der Waals surface area contributed by atoms with Gasteiger partial charge in [0, 0.05) is 0 Å². The molecule has 0 aromatic rings. The van der Waals surface area contributed by atoms with Crippen LogP contribution < -0.4 is 5.32 Å². The van der Waals surface area contributed by atoms with Crippen molar-refractivity contribution in [2.75, 3.05) is 6.61 Å². The number of hydrogen-bond donors (Lipinski definition) is 1. The zero-order valence-electron chi connectivity index (χ0n) is 6.37. The quantitative estimate of drug-likeness (QED) is 0.446. The number of nitrogens with one attached hydrogen (secondary N) is 1. The third-order valence-electron chi connectivity index (χ3n) is 0.925. The molecule has 0 fully saturated rings. The van der Waals surface area contributed by atoms with Gasteiger partial charge in [-0.15, -0.1) is 0 Å². The highest BCUT2D eigenvalue weighted by Crippen LogP contribution is 1.77. The highest BCUT2D eigenvalue weighted by molar-refractivity contribution is 5.80. The Kier molecular flexibility index (Phi) is 4.81. The molecule has 62 valence electrons. The van der Waals surface area contributed by atoms with E-state index in [1.807, 2.05) is 0 Å². The zero-order valence-corrected chi connectivity index (χ0v) is 6.37. The highest BCUT2D eigenvalue weighted by Gasteiger charge is 2.04. The molecule has 0 aliphatic rings. The molecule has 0 spiro atoms. The van der Waals surface area contributed by atoms with Crippen LogP contribution in [0.3, 0.4) is 0 Å². The van der Waals surface area contributed by atoms with E-state index >= 15 is 0 Å². The molecule has 0 aromatic heterocycles. The molecule has 0 aliphatic heterocycles. The molecule has 0 aliphatic carbocycles. The maximum Gasteiger partial charge on any atom is 0.258 e. The first kappa shape index (κ1) is 9.68. The van der Waals surface area contributed by atoms with Gasteiger partial charge in [0.05, 0.1) is 12.3 Å². The zero-order chi connectivity index (χ0) is 8.69. The third kappa shape index (κ3) is 5.14. The second-order valence-corrected chi connectivity index (χ2v) is 1.97. The summed E-state index contributed by atoms with van der Waals surface area (Å²) in [6, 6.07) is -0.462. The van der Waals surface area contributed by atoms with Crippen LogP contribution in [0.15, 0.2) is 12.8 Å². The van der Waals surface area contributed by atoms with Gasteiger partial charge in [-0.05, 0) is 6.92 Å². The average Bonchev–Trinajstić information content (AvgIpc) is 2.00. The van der Waals surface area contributed by atoms with Gasteiger partial charge in [0.15, 0.2) is 6.61 Å². The van der Waals surface area contributed by atoms with Gasteiger partial charge in [-0.25, -0.2) is 0 Å². The summed E-state index contributed by atoms with van der Waals surface area (Å²) in [6.45, 7) is 4.75. The number of aldehydes is 1. The van der Waals surface area contributed by atoms with E-state index in [4.69, 9.17) is 0 Å². The van der Waals surface area contributed by atoms with Crippen LogP contribution in [0, 0.1) is 0 Å². The van der Waals surface area contributed by atoms with E-state index in [1.165, 1.54) is 6.26 Å². The summed E-state index contributed by atoms with van der Waals surface area (Å²) in [5.74, 6) is -0.329. The van der Waals surface area contributed by atoms with Gasteiger partial charge in [-0.1, -0.05) is 6.58 Å². The molecule has 1 N–H and O–H groups in total. The van der Waals surface area contributed by atoms with Crippen molar-refractivity contribution in [1.82, 2.24) is 5.32 Å². The molecular formula is C7H11NO3. The number of amides is 1. The molecule has 0 saturated carbocycles. The molecule has 0 aromatic carbocycles. The topological polar surface area (TPSA) is 55.4 Å². The molecule has 0 radical (unpaired) electrons. The Balaban J connectivity index is 3.51. The van der Waals surface area contributed by atoms with Crippen molar-refractivity contribution in [3.8, 4) is 0 Å². The van der Waals surface area contributed by atoms with Crippen LogP contribution in [-0.2, 0) is 14.3 Å². The third-order valence-corrected chi connectivity index (χ3v) is 0.925. The Morgan fingerprint density at radius 2 is 2.45 bits per heavy atom. The Bertz CT molecular complexity index is 156. The lowest BCUT2D eigenvalue weighted by Gasteiger charge is -2.05. The normalized spacial score (nSPS) is 11.4. The maximum absolute atomic E-state index is 10.7. The monoisotopic (exact) mass is 157 g/mol. The predicted octanol–water partition coefficient (Wildman–Crippen LogP) is -0.150. The Hall–Kier alpha value is -1.32. The van der Waals surface area contributed by atoms with E-state index in [9.17, 15) is 9.59 Å².